The number of anilines is 1. The standard InChI is InChI=1S/C21H33N3O4S/c1-11(2)22-17(28)8-13-18-14(29-19(24-18)23-12(3)26)9-15-20(13,4)7-6-16(27)21(15,5)10-25/h11,13,15-16,25,27H,6-10H2,1-5H3,(H,22,28)(H,23,24,26)/t13-,15+,16+,20-,21-/m0/s1. The van der Waals surface area contributed by atoms with E-state index in [1.807, 2.05) is 20.8 Å². The van der Waals surface area contributed by atoms with Crippen molar-refractivity contribution in [3.63, 3.8) is 0 Å². The summed E-state index contributed by atoms with van der Waals surface area (Å²) in [5.74, 6) is -0.320. The molecule has 1 aromatic rings. The minimum absolute atomic E-state index is 0.0127. The third-order valence-corrected chi connectivity index (χ3v) is 8.02. The molecule has 0 spiro atoms. The molecule has 1 fully saturated rings. The van der Waals surface area contributed by atoms with Gasteiger partial charge in [0.25, 0.3) is 0 Å². The highest BCUT2D eigenvalue weighted by Gasteiger charge is 2.59. The van der Waals surface area contributed by atoms with Gasteiger partial charge in [-0.25, -0.2) is 4.98 Å². The van der Waals surface area contributed by atoms with E-state index in [2.05, 4.69) is 17.6 Å². The number of nitrogens with one attached hydrogen (secondary N) is 2. The molecule has 0 aromatic carbocycles. The zero-order valence-corrected chi connectivity index (χ0v) is 18.7. The molecule has 1 heterocycles. The lowest BCUT2D eigenvalue weighted by Crippen LogP contribution is -2.57. The molecule has 2 aliphatic carbocycles. The quantitative estimate of drug-likeness (QED) is 0.581. The minimum Gasteiger partial charge on any atom is -0.396 e. The predicted octanol–water partition coefficient (Wildman–Crippen LogP) is 2.43. The van der Waals surface area contributed by atoms with E-state index in [9.17, 15) is 19.8 Å². The average Bonchev–Trinajstić information content (AvgIpc) is 3.01. The van der Waals surface area contributed by atoms with Gasteiger partial charge in [0.15, 0.2) is 5.13 Å². The van der Waals surface area contributed by atoms with E-state index in [1.165, 1.54) is 18.3 Å². The number of rotatable bonds is 5. The fourth-order valence-electron chi connectivity index (χ4n) is 5.42. The third-order valence-electron chi connectivity index (χ3n) is 7.02. The van der Waals surface area contributed by atoms with Crippen molar-refractivity contribution in [3.05, 3.63) is 10.6 Å². The van der Waals surface area contributed by atoms with E-state index in [0.717, 1.165) is 17.0 Å². The van der Waals surface area contributed by atoms with Gasteiger partial charge in [-0.1, -0.05) is 13.8 Å². The SMILES string of the molecule is CC(=O)Nc1nc2c(s1)C[C@H]1[C@](C)(CO)[C@H](O)CC[C@@]1(C)[C@H]2CC(=O)NC(C)C. The Morgan fingerprint density at radius 3 is 2.62 bits per heavy atom. The summed E-state index contributed by atoms with van der Waals surface area (Å²) >= 11 is 1.44. The van der Waals surface area contributed by atoms with Crippen molar-refractivity contribution in [2.75, 3.05) is 11.9 Å². The molecule has 0 bridgehead atoms. The highest BCUT2D eigenvalue weighted by atomic mass is 32.1. The van der Waals surface area contributed by atoms with Gasteiger partial charge in [0.05, 0.1) is 18.4 Å². The average molecular weight is 424 g/mol. The van der Waals surface area contributed by atoms with Gasteiger partial charge in [0, 0.05) is 35.6 Å². The molecule has 0 unspecified atom stereocenters. The van der Waals surface area contributed by atoms with Crippen LogP contribution in [0.5, 0.6) is 0 Å². The number of thiazole rings is 1. The van der Waals surface area contributed by atoms with Gasteiger partial charge < -0.3 is 20.8 Å². The van der Waals surface area contributed by atoms with E-state index in [4.69, 9.17) is 4.98 Å². The number of fused-ring (bicyclic) bond motifs is 2. The third kappa shape index (κ3) is 3.94. The number of aromatic nitrogens is 1. The van der Waals surface area contributed by atoms with Gasteiger partial charge in [0.2, 0.25) is 11.8 Å². The molecule has 29 heavy (non-hydrogen) atoms. The number of amides is 2. The molecule has 1 aromatic heterocycles. The van der Waals surface area contributed by atoms with Crippen LogP contribution in [0.3, 0.4) is 0 Å². The maximum atomic E-state index is 12.7. The summed E-state index contributed by atoms with van der Waals surface area (Å²) < 4.78 is 0. The fourth-order valence-corrected chi connectivity index (χ4v) is 6.53. The van der Waals surface area contributed by atoms with Crippen molar-refractivity contribution in [2.45, 2.75) is 78.4 Å². The Morgan fingerprint density at radius 2 is 2.03 bits per heavy atom. The van der Waals surface area contributed by atoms with Crippen LogP contribution in [0.2, 0.25) is 0 Å². The minimum atomic E-state index is -0.643. The normalized spacial score (nSPS) is 33.7. The molecule has 1 saturated carbocycles. The lowest BCUT2D eigenvalue weighted by atomic mass is 9.47. The Hall–Kier alpha value is -1.51. The molecule has 162 valence electrons. The summed E-state index contributed by atoms with van der Waals surface area (Å²) in [7, 11) is 0. The van der Waals surface area contributed by atoms with E-state index < -0.39 is 11.5 Å². The smallest absolute Gasteiger partial charge is 0.223 e. The van der Waals surface area contributed by atoms with Crippen LogP contribution < -0.4 is 10.6 Å². The highest BCUT2D eigenvalue weighted by Crippen LogP contribution is 2.62. The predicted molar refractivity (Wildman–Crippen MR) is 113 cm³/mol. The van der Waals surface area contributed by atoms with Gasteiger partial charge in [-0.3, -0.25) is 9.59 Å². The largest absolute Gasteiger partial charge is 0.396 e. The first-order valence-corrected chi connectivity index (χ1v) is 11.2. The lowest BCUT2D eigenvalue weighted by molar-refractivity contribution is -0.144. The molecule has 0 radical (unpaired) electrons. The Kier molecular flexibility index (Phi) is 6.09. The second-order valence-electron chi connectivity index (χ2n) is 9.47. The molecule has 5 atom stereocenters. The first-order chi connectivity index (χ1) is 13.5. The van der Waals surface area contributed by atoms with Gasteiger partial charge in [-0.05, 0) is 44.4 Å². The number of carbonyl (C=O) groups is 2. The zero-order chi connectivity index (χ0) is 21.6. The van der Waals surface area contributed by atoms with Crippen molar-refractivity contribution < 1.29 is 19.8 Å². The Labute approximate surface area is 176 Å². The first kappa shape index (κ1) is 22.2. The topological polar surface area (TPSA) is 112 Å². The maximum absolute atomic E-state index is 12.7. The van der Waals surface area contributed by atoms with Crippen LogP contribution in [0, 0.1) is 16.7 Å². The molecule has 4 N–H and O–H groups in total. The molecule has 0 aliphatic heterocycles. The molecule has 2 amide bonds. The van der Waals surface area contributed by atoms with Crippen LogP contribution in [0.15, 0.2) is 0 Å². The number of aliphatic hydroxyl groups is 2. The molecular weight excluding hydrogens is 390 g/mol. The van der Waals surface area contributed by atoms with Gasteiger partial charge >= 0.3 is 0 Å². The summed E-state index contributed by atoms with van der Waals surface area (Å²) in [6.45, 7) is 9.34. The highest BCUT2D eigenvalue weighted by molar-refractivity contribution is 7.15. The molecular formula is C21H33N3O4S. The van der Waals surface area contributed by atoms with E-state index in [0.29, 0.717) is 24.4 Å². The van der Waals surface area contributed by atoms with Crippen molar-refractivity contribution in [1.82, 2.24) is 10.3 Å². The molecule has 0 saturated heterocycles. The van der Waals surface area contributed by atoms with Crippen LogP contribution in [-0.2, 0) is 16.0 Å². The van der Waals surface area contributed by atoms with E-state index in [-0.39, 0.29) is 41.7 Å². The van der Waals surface area contributed by atoms with Crippen molar-refractivity contribution in [3.8, 4) is 0 Å². The number of nitrogens with zero attached hydrogens (tertiary/aromatic N) is 1. The molecule has 7 nitrogen and oxygen atoms in total. The Balaban J connectivity index is 2.06. The summed E-state index contributed by atoms with van der Waals surface area (Å²) in [5.41, 5.74) is -0.0389. The summed E-state index contributed by atoms with van der Waals surface area (Å²) in [6.07, 6.45) is 1.75. The van der Waals surface area contributed by atoms with Gasteiger partial charge in [-0.15, -0.1) is 11.3 Å². The van der Waals surface area contributed by atoms with Crippen LogP contribution in [-0.4, -0.2) is 45.8 Å². The summed E-state index contributed by atoms with van der Waals surface area (Å²) in [4.78, 5) is 30.0. The van der Waals surface area contributed by atoms with Crippen molar-refractivity contribution in [1.29, 1.82) is 0 Å². The van der Waals surface area contributed by atoms with E-state index in [1.54, 1.807) is 0 Å². The van der Waals surface area contributed by atoms with E-state index >= 15 is 0 Å². The molecule has 8 heteroatoms. The molecule has 2 aliphatic rings. The summed E-state index contributed by atoms with van der Waals surface area (Å²) in [6, 6.07) is 0.0513. The van der Waals surface area contributed by atoms with Gasteiger partial charge in [0.1, 0.15) is 0 Å². The van der Waals surface area contributed by atoms with Crippen LogP contribution >= 0.6 is 11.3 Å². The van der Waals surface area contributed by atoms with Crippen molar-refractivity contribution in [2.24, 2.45) is 16.7 Å². The molecule has 3 rings (SSSR count). The first-order valence-electron chi connectivity index (χ1n) is 10.4. The number of carbonyl (C=O) groups excluding carboxylic acids is 2. The van der Waals surface area contributed by atoms with Gasteiger partial charge in [-0.2, -0.15) is 0 Å². The van der Waals surface area contributed by atoms with Crippen LogP contribution in [0.1, 0.15) is 70.4 Å². The Morgan fingerprint density at radius 1 is 1.34 bits per heavy atom. The number of aliphatic hydroxyl groups excluding tert-OH is 2. The zero-order valence-electron chi connectivity index (χ0n) is 17.9. The maximum Gasteiger partial charge on any atom is 0.223 e. The van der Waals surface area contributed by atoms with Crippen LogP contribution in [0.25, 0.3) is 0 Å². The lowest BCUT2D eigenvalue weighted by Gasteiger charge is -2.58. The monoisotopic (exact) mass is 423 g/mol. The second kappa shape index (κ2) is 7.96. The Bertz CT molecular complexity index is 795. The number of hydrogen-bond donors (Lipinski definition) is 4. The second-order valence-corrected chi connectivity index (χ2v) is 10.6. The van der Waals surface area contributed by atoms with Crippen LogP contribution in [0.4, 0.5) is 5.13 Å². The number of hydrogen-bond acceptors (Lipinski definition) is 6. The fraction of sp³-hybridized carbons (Fsp3) is 0.762. The van der Waals surface area contributed by atoms with Crippen molar-refractivity contribution >= 4 is 28.3 Å². The summed E-state index contributed by atoms with van der Waals surface area (Å²) in [5, 5.41) is 27.3.